The number of nitrogens with zero attached hydrogens (tertiary/aromatic N) is 6. The molecule has 0 fully saturated rings. The van der Waals surface area contributed by atoms with E-state index in [4.69, 9.17) is 0 Å². The maximum Gasteiger partial charge on any atom is 0.0991 e. The van der Waals surface area contributed by atoms with Gasteiger partial charge in [0.15, 0.2) is 0 Å². The molecule has 9 aromatic carbocycles. The van der Waals surface area contributed by atoms with Crippen LogP contribution in [0.1, 0.15) is 61.8 Å². The van der Waals surface area contributed by atoms with Gasteiger partial charge in [-0.1, -0.05) is 100 Å². The molecule has 0 bridgehead atoms. The maximum absolute atomic E-state index is 9.71. The van der Waals surface area contributed by atoms with E-state index in [2.05, 4.69) is 216 Å². The van der Waals surface area contributed by atoms with Gasteiger partial charge in [0.25, 0.3) is 0 Å². The molecule has 0 atom stereocenters. The summed E-state index contributed by atoms with van der Waals surface area (Å²) in [6, 6.07) is 70.0. The molecule has 0 radical (unpaired) electrons. The van der Waals surface area contributed by atoms with Gasteiger partial charge >= 0.3 is 0 Å². The Balaban J connectivity index is 1.05. The summed E-state index contributed by atoms with van der Waals surface area (Å²) < 4.78 is 4.98. The molecule has 0 N–H and O–H groups in total. The molecule has 6 nitrogen and oxygen atoms in total. The summed E-state index contributed by atoms with van der Waals surface area (Å²) in [6.45, 7) is 8.91. The fourth-order valence-corrected chi connectivity index (χ4v) is 11.1. The molecule has 0 unspecified atom stereocenters. The minimum absolute atomic E-state index is 0.418. The van der Waals surface area contributed by atoms with Gasteiger partial charge in [-0.15, -0.1) is 0 Å². The summed E-state index contributed by atoms with van der Waals surface area (Å²) in [4.78, 5) is 4.68. The second-order valence-electron chi connectivity index (χ2n) is 18.8. The molecule has 4 heterocycles. The molecule has 0 spiro atoms. The third-order valence-corrected chi connectivity index (χ3v) is 14.4. The molecule has 6 heteroatoms. The Labute approximate surface area is 393 Å². The molecule has 322 valence electrons. The number of benzene rings is 9. The third-order valence-electron chi connectivity index (χ3n) is 14.4. The molecule has 68 heavy (non-hydrogen) atoms. The van der Waals surface area contributed by atoms with Crippen LogP contribution in [-0.2, 0) is 0 Å². The Morgan fingerprint density at radius 1 is 0.368 bits per heavy atom. The molecule has 0 amide bonds. The SMILES string of the molecule is CC(C)c1ccc(N(c2ccc(C#N)cc2)c2cccc3c2c2cccc4c5cc6c(cc5n3c42)c2cccc3c4c(N(c5ccc(C#N)cc5)c5ccc(C(C)C)cc5)cccc4n6c23)cc1. The summed E-state index contributed by atoms with van der Waals surface area (Å²) >= 11 is 0. The van der Waals surface area contributed by atoms with Crippen LogP contribution in [0.2, 0.25) is 0 Å². The van der Waals surface area contributed by atoms with Crippen LogP contribution in [0, 0.1) is 22.7 Å². The zero-order valence-corrected chi connectivity index (χ0v) is 38.2. The number of hydrogen-bond donors (Lipinski definition) is 0. The van der Waals surface area contributed by atoms with E-state index in [0.29, 0.717) is 23.0 Å². The number of rotatable bonds is 8. The highest BCUT2D eigenvalue weighted by atomic mass is 15.2. The number of hydrogen-bond acceptors (Lipinski definition) is 4. The van der Waals surface area contributed by atoms with Gasteiger partial charge in [0.1, 0.15) is 0 Å². The predicted molar refractivity (Wildman–Crippen MR) is 283 cm³/mol. The first-order chi connectivity index (χ1) is 33.3. The first-order valence-corrected chi connectivity index (χ1v) is 23.4. The second-order valence-corrected chi connectivity index (χ2v) is 18.8. The number of fused-ring (bicyclic) bond motifs is 12. The summed E-state index contributed by atoms with van der Waals surface area (Å²) in [5.41, 5.74) is 17.2. The van der Waals surface area contributed by atoms with E-state index in [-0.39, 0.29) is 0 Å². The molecule has 0 saturated heterocycles. The highest BCUT2D eigenvalue weighted by Gasteiger charge is 2.27. The lowest BCUT2D eigenvalue weighted by Crippen LogP contribution is -2.10. The lowest BCUT2D eigenvalue weighted by molar-refractivity contribution is 0.866. The van der Waals surface area contributed by atoms with Crippen molar-refractivity contribution in [1.29, 1.82) is 10.5 Å². The first kappa shape index (κ1) is 39.5. The van der Waals surface area contributed by atoms with Gasteiger partial charge in [-0.05, 0) is 132 Å². The lowest BCUT2D eigenvalue weighted by atomic mass is 10.0. The quantitative estimate of drug-likeness (QED) is 0.153. The maximum atomic E-state index is 9.71. The van der Waals surface area contributed by atoms with E-state index in [0.717, 1.165) is 45.2 Å². The molecular weight excluding hydrogens is 829 g/mol. The van der Waals surface area contributed by atoms with Gasteiger partial charge in [0.05, 0.1) is 67.7 Å². The first-order valence-electron chi connectivity index (χ1n) is 23.4. The monoisotopic (exact) mass is 872 g/mol. The van der Waals surface area contributed by atoms with Crippen LogP contribution in [0.5, 0.6) is 0 Å². The van der Waals surface area contributed by atoms with Crippen LogP contribution in [-0.4, -0.2) is 8.80 Å². The average molecular weight is 873 g/mol. The zero-order chi connectivity index (χ0) is 45.9. The van der Waals surface area contributed by atoms with Crippen LogP contribution in [0.3, 0.4) is 0 Å². The fourth-order valence-electron chi connectivity index (χ4n) is 11.1. The van der Waals surface area contributed by atoms with Gasteiger partial charge in [0, 0.05) is 65.8 Å². The Kier molecular flexibility index (Phi) is 8.62. The molecule has 13 rings (SSSR count). The zero-order valence-electron chi connectivity index (χ0n) is 38.2. The summed E-state index contributed by atoms with van der Waals surface area (Å²) in [5.74, 6) is 0.837. The van der Waals surface area contributed by atoms with E-state index in [9.17, 15) is 10.5 Å². The van der Waals surface area contributed by atoms with Crippen molar-refractivity contribution < 1.29 is 0 Å². The molecule has 13 aromatic rings. The van der Waals surface area contributed by atoms with Gasteiger partial charge in [-0.2, -0.15) is 10.5 Å². The summed E-state index contributed by atoms with van der Waals surface area (Å²) in [6.07, 6.45) is 0. The van der Waals surface area contributed by atoms with Gasteiger partial charge in [-0.25, -0.2) is 0 Å². The highest BCUT2D eigenvalue weighted by molar-refractivity contribution is 6.31. The Hall–Kier alpha value is -8.84. The van der Waals surface area contributed by atoms with Crippen LogP contribution in [0.4, 0.5) is 34.1 Å². The Morgan fingerprint density at radius 2 is 0.706 bits per heavy atom. The van der Waals surface area contributed by atoms with Crippen LogP contribution < -0.4 is 9.80 Å². The number of aromatic nitrogens is 2. The molecule has 0 aliphatic heterocycles. The number of para-hydroxylation sites is 2. The predicted octanol–water partition coefficient (Wildman–Crippen LogP) is 16.9. The third kappa shape index (κ3) is 5.62. The molecule has 0 aliphatic carbocycles. The Bertz CT molecular complexity index is 3920. The Morgan fingerprint density at radius 3 is 1.06 bits per heavy atom. The van der Waals surface area contributed by atoms with Crippen molar-refractivity contribution in [2.75, 3.05) is 9.80 Å². The van der Waals surface area contributed by atoms with Crippen molar-refractivity contribution in [3.63, 3.8) is 0 Å². The largest absolute Gasteiger partial charge is 0.310 e. The second kappa shape index (κ2) is 14.8. The van der Waals surface area contributed by atoms with E-state index in [1.54, 1.807) is 0 Å². The lowest BCUT2D eigenvalue weighted by Gasteiger charge is -2.27. The van der Waals surface area contributed by atoms with Crippen molar-refractivity contribution in [2.24, 2.45) is 0 Å². The average Bonchev–Trinajstić information content (AvgIpc) is 4.11. The minimum atomic E-state index is 0.418. The van der Waals surface area contributed by atoms with Crippen molar-refractivity contribution in [2.45, 2.75) is 39.5 Å². The standard InChI is InChI=1S/C62H44N6/c1-37(2)41-21-29-45(30-22-41)65(43-25-17-39(35-63)18-26-43)53-13-7-15-55-59(53)49-11-5-9-47-51-34-58-52(33-57(51)67(55)61(47)49)48-10-6-12-50-60-54(14-8-16-56(60)68(58)62(48)50)66(44-27-19-40(36-64)20-28-44)46-31-23-42(24-32-46)38(3)4/h5-34,37-38H,1-4H3. The van der Waals surface area contributed by atoms with E-state index in [1.165, 1.54) is 76.3 Å². The van der Waals surface area contributed by atoms with Crippen LogP contribution >= 0.6 is 0 Å². The van der Waals surface area contributed by atoms with E-state index in [1.807, 2.05) is 24.3 Å². The van der Waals surface area contributed by atoms with Crippen molar-refractivity contribution >= 4 is 110 Å². The highest BCUT2D eigenvalue weighted by Crippen LogP contribution is 2.50. The molecule has 0 aliphatic rings. The number of anilines is 6. The van der Waals surface area contributed by atoms with E-state index >= 15 is 0 Å². The summed E-state index contributed by atoms with van der Waals surface area (Å²) in [7, 11) is 0. The van der Waals surface area contributed by atoms with Crippen molar-refractivity contribution in [1.82, 2.24) is 8.80 Å². The van der Waals surface area contributed by atoms with Gasteiger partial charge in [0.2, 0.25) is 0 Å². The smallest absolute Gasteiger partial charge is 0.0991 e. The van der Waals surface area contributed by atoms with Crippen molar-refractivity contribution in [3.8, 4) is 12.1 Å². The fraction of sp³-hybridized carbons (Fsp3) is 0.0968. The van der Waals surface area contributed by atoms with Gasteiger partial charge in [-0.3, -0.25) is 0 Å². The van der Waals surface area contributed by atoms with Gasteiger partial charge < -0.3 is 18.6 Å². The van der Waals surface area contributed by atoms with Crippen molar-refractivity contribution in [3.05, 3.63) is 204 Å². The molecule has 0 saturated carbocycles. The molecular formula is C62H44N6. The minimum Gasteiger partial charge on any atom is -0.310 e. The number of nitriles is 2. The van der Waals surface area contributed by atoms with E-state index < -0.39 is 0 Å². The molecule has 4 aromatic heterocycles. The van der Waals surface area contributed by atoms with Crippen LogP contribution in [0.25, 0.3) is 76.2 Å². The normalized spacial score (nSPS) is 12.1. The summed E-state index contributed by atoms with van der Waals surface area (Å²) in [5, 5.41) is 29.1. The topological polar surface area (TPSA) is 62.9 Å². The van der Waals surface area contributed by atoms with Crippen LogP contribution in [0.15, 0.2) is 182 Å².